The molecule has 6 heteroatoms. The Morgan fingerprint density at radius 2 is 1.88 bits per heavy atom. The van der Waals surface area contributed by atoms with Crippen molar-refractivity contribution in [2.45, 2.75) is 13.8 Å². The Kier molecular flexibility index (Phi) is 7.01. The molecule has 25 heavy (non-hydrogen) atoms. The third-order valence-corrected chi connectivity index (χ3v) is 4.28. The predicted molar refractivity (Wildman–Crippen MR) is 103 cm³/mol. The molecule has 0 aliphatic heterocycles. The summed E-state index contributed by atoms with van der Waals surface area (Å²) in [6.07, 6.45) is 0. The first-order chi connectivity index (χ1) is 12.0. The van der Waals surface area contributed by atoms with E-state index in [1.165, 1.54) is 0 Å². The van der Waals surface area contributed by atoms with E-state index in [9.17, 15) is 9.59 Å². The highest BCUT2D eigenvalue weighted by atomic mass is 79.9. The van der Waals surface area contributed by atoms with E-state index in [1.807, 2.05) is 42.2 Å². The predicted octanol–water partition coefficient (Wildman–Crippen LogP) is 4.09. The van der Waals surface area contributed by atoms with Crippen LogP contribution in [0.15, 0.2) is 53.0 Å². The zero-order chi connectivity index (χ0) is 18.2. The summed E-state index contributed by atoms with van der Waals surface area (Å²) < 4.78 is 5.86. The third kappa shape index (κ3) is 5.32. The van der Waals surface area contributed by atoms with Crippen LogP contribution >= 0.6 is 15.9 Å². The Hall–Kier alpha value is -2.34. The molecule has 0 heterocycles. The van der Waals surface area contributed by atoms with E-state index in [0.29, 0.717) is 18.7 Å². The lowest BCUT2D eigenvalue weighted by atomic mass is 10.2. The summed E-state index contributed by atoms with van der Waals surface area (Å²) in [5, 5.41) is 2.88. The second-order valence-corrected chi connectivity index (χ2v) is 6.17. The summed E-state index contributed by atoms with van der Waals surface area (Å²) in [7, 11) is 0. The van der Waals surface area contributed by atoms with Gasteiger partial charge in [0.1, 0.15) is 0 Å². The van der Waals surface area contributed by atoms with Gasteiger partial charge in [-0.15, -0.1) is 0 Å². The standard InChI is InChI=1S/C19H21BrN2O3/c1-3-22(13-18(23)21-17-11-6-5-10-16(17)20)15-9-7-8-14(12-15)19(24)25-4-2/h5-12H,3-4,13H2,1-2H3,(H,21,23). The van der Waals surface area contributed by atoms with E-state index >= 15 is 0 Å². The fraction of sp³-hybridized carbons (Fsp3) is 0.263. The molecular weight excluding hydrogens is 384 g/mol. The fourth-order valence-electron chi connectivity index (χ4n) is 2.36. The zero-order valence-corrected chi connectivity index (χ0v) is 15.9. The summed E-state index contributed by atoms with van der Waals surface area (Å²) in [6, 6.07) is 14.6. The van der Waals surface area contributed by atoms with Crippen molar-refractivity contribution in [3.8, 4) is 0 Å². The van der Waals surface area contributed by atoms with Crippen LogP contribution in [0.2, 0.25) is 0 Å². The van der Waals surface area contributed by atoms with E-state index in [0.717, 1.165) is 15.8 Å². The summed E-state index contributed by atoms with van der Waals surface area (Å²) in [5.74, 6) is -0.492. The highest BCUT2D eigenvalue weighted by Crippen LogP contribution is 2.22. The number of carbonyl (C=O) groups is 2. The van der Waals surface area contributed by atoms with Crippen LogP contribution in [-0.4, -0.2) is 31.6 Å². The lowest BCUT2D eigenvalue weighted by molar-refractivity contribution is -0.115. The maximum Gasteiger partial charge on any atom is 0.338 e. The Morgan fingerprint density at radius 1 is 1.12 bits per heavy atom. The molecular formula is C19H21BrN2O3. The number of hydrogen-bond donors (Lipinski definition) is 1. The summed E-state index contributed by atoms with van der Waals surface area (Å²) in [4.78, 5) is 26.1. The molecule has 0 saturated carbocycles. The first kappa shape index (κ1) is 19.0. The van der Waals surface area contributed by atoms with Gasteiger partial charge in [0.2, 0.25) is 5.91 Å². The van der Waals surface area contributed by atoms with Gasteiger partial charge >= 0.3 is 5.97 Å². The van der Waals surface area contributed by atoms with Crippen molar-refractivity contribution in [2.24, 2.45) is 0 Å². The maximum atomic E-state index is 12.4. The molecule has 2 rings (SSSR count). The molecule has 2 aromatic rings. The van der Waals surface area contributed by atoms with Crippen LogP contribution in [0.5, 0.6) is 0 Å². The number of anilines is 2. The van der Waals surface area contributed by atoms with Gasteiger partial charge < -0.3 is 15.0 Å². The number of benzene rings is 2. The Bertz CT molecular complexity index is 749. The molecule has 5 nitrogen and oxygen atoms in total. The van der Waals surface area contributed by atoms with Crippen LogP contribution in [-0.2, 0) is 9.53 Å². The van der Waals surface area contributed by atoms with Crippen molar-refractivity contribution in [1.82, 2.24) is 0 Å². The number of hydrogen-bond acceptors (Lipinski definition) is 4. The number of halogens is 1. The summed E-state index contributed by atoms with van der Waals surface area (Å²) >= 11 is 3.41. The van der Waals surface area contributed by atoms with E-state index in [-0.39, 0.29) is 18.4 Å². The van der Waals surface area contributed by atoms with Gasteiger partial charge in [-0.25, -0.2) is 4.79 Å². The minimum absolute atomic E-state index is 0.129. The van der Waals surface area contributed by atoms with Crippen molar-refractivity contribution >= 4 is 39.2 Å². The molecule has 0 radical (unpaired) electrons. The quantitative estimate of drug-likeness (QED) is 0.705. The van der Waals surface area contributed by atoms with Gasteiger partial charge in [0.25, 0.3) is 0 Å². The first-order valence-electron chi connectivity index (χ1n) is 8.11. The number of nitrogens with zero attached hydrogens (tertiary/aromatic N) is 1. The molecule has 0 aliphatic rings. The highest BCUT2D eigenvalue weighted by molar-refractivity contribution is 9.10. The monoisotopic (exact) mass is 404 g/mol. The van der Waals surface area contributed by atoms with E-state index in [4.69, 9.17) is 4.74 Å². The molecule has 0 aromatic heterocycles. The van der Waals surface area contributed by atoms with Gasteiger partial charge in [0.05, 0.1) is 24.4 Å². The molecule has 0 bridgehead atoms. The van der Waals surface area contributed by atoms with Gasteiger partial charge in [0.15, 0.2) is 0 Å². The van der Waals surface area contributed by atoms with E-state index in [1.54, 1.807) is 25.1 Å². The number of likely N-dealkylation sites (N-methyl/N-ethyl adjacent to an activating group) is 1. The van der Waals surface area contributed by atoms with E-state index < -0.39 is 0 Å². The van der Waals surface area contributed by atoms with Crippen molar-refractivity contribution < 1.29 is 14.3 Å². The molecule has 2 aromatic carbocycles. The molecule has 0 aliphatic carbocycles. The third-order valence-electron chi connectivity index (χ3n) is 3.59. The Labute approximate surface area is 156 Å². The maximum absolute atomic E-state index is 12.4. The molecule has 1 amide bonds. The van der Waals surface area contributed by atoms with Gasteiger partial charge in [-0.05, 0) is 60.1 Å². The van der Waals surface area contributed by atoms with Crippen molar-refractivity contribution in [3.05, 3.63) is 58.6 Å². The van der Waals surface area contributed by atoms with Crippen molar-refractivity contribution in [1.29, 1.82) is 0 Å². The Morgan fingerprint density at radius 3 is 2.56 bits per heavy atom. The topological polar surface area (TPSA) is 58.6 Å². The normalized spacial score (nSPS) is 10.2. The highest BCUT2D eigenvalue weighted by Gasteiger charge is 2.14. The number of para-hydroxylation sites is 1. The summed E-state index contributed by atoms with van der Waals surface area (Å²) in [5.41, 5.74) is 2.00. The minimum Gasteiger partial charge on any atom is -0.462 e. The fourth-order valence-corrected chi connectivity index (χ4v) is 2.74. The molecule has 0 spiro atoms. The van der Waals surface area contributed by atoms with Gasteiger partial charge in [-0.2, -0.15) is 0 Å². The molecule has 1 N–H and O–H groups in total. The smallest absolute Gasteiger partial charge is 0.338 e. The van der Waals surface area contributed by atoms with Crippen LogP contribution in [0.4, 0.5) is 11.4 Å². The molecule has 132 valence electrons. The Balaban J connectivity index is 2.09. The molecule has 0 atom stereocenters. The number of rotatable bonds is 7. The SMILES string of the molecule is CCOC(=O)c1cccc(N(CC)CC(=O)Nc2ccccc2Br)c1. The average Bonchev–Trinajstić information content (AvgIpc) is 2.62. The molecule has 0 unspecified atom stereocenters. The molecule has 0 fully saturated rings. The number of nitrogens with one attached hydrogen (secondary N) is 1. The van der Waals surface area contributed by atoms with Crippen molar-refractivity contribution in [2.75, 3.05) is 29.9 Å². The van der Waals surface area contributed by atoms with Crippen molar-refractivity contribution in [3.63, 3.8) is 0 Å². The second-order valence-electron chi connectivity index (χ2n) is 5.31. The van der Waals surface area contributed by atoms with E-state index in [2.05, 4.69) is 21.2 Å². The first-order valence-corrected chi connectivity index (χ1v) is 8.91. The van der Waals surface area contributed by atoms with Crippen LogP contribution in [0.3, 0.4) is 0 Å². The van der Waals surface area contributed by atoms with Gasteiger partial charge in [-0.3, -0.25) is 4.79 Å². The zero-order valence-electron chi connectivity index (χ0n) is 14.3. The number of amides is 1. The van der Waals surface area contributed by atoms with Gasteiger partial charge in [-0.1, -0.05) is 18.2 Å². The summed E-state index contributed by atoms with van der Waals surface area (Å²) in [6.45, 7) is 4.88. The largest absolute Gasteiger partial charge is 0.462 e. The number of esters is 1. The van der Waals surface area contributed by atoms with Crippen LogP contribution in [0.1, 0.15) is 24.2 Å². The lowest BCUT2D eigenvalue weighted by Crippen LogP contribution is -2.33. The van der Waals surface area contributed by atoms with Gasteiger partial charge in [0, 0.05) is 16.7 Å². The van der Waals surface area contributed by atoms with Crippen LogP contribution in [0.25, 0.3) is 0 Å². The molecule has 0 saturated heterocycles. The van der Waals surface area contributed by atoms with Crippen LogP contribution in [0, 0.1) is 0 Å². The number of carbonyl (C=O) groups excluding carboxylic acids is 2. The van der Waals surface area contributed by atoms with Crippen LogP contribution < -0.4 is 10.2 Å². The number of ether oxygens (including phenoxy) is 1. The lowest BCUT2D eigenvalue weighted by Gasteiger charge is -2.23. The minimum atomic E-state index is -0.363. The second kappa shape index (κ2) is 9.22. The average molecular weight is 405 g/mol.